The lowest BCUT2D eigenvalue weighted by Crippen LogP contribution is -2.29. The number of rotatable bonds is 6. The normalized spacial score (nSPS) is 14.1. The van der Waals surface area contributed by atoms with Crippen molar-refractivity contribution in [3.8, 4) is 22.6 Å². The first-order valence-corrected chi connectivity index (χ1v) is 9.64. The van der Waals surface area contributed by atoms with E-state index in [1.54, 1.807) is 0 Å². The highest BCUT2D eigenvalue weighted by molar-refractivity contribution is 5.85. The Labute approximate surface area is 161 Å². The van der Waals surface area contributed by atoms with E-state index in [0.717, 1.165) is 59.3 Å². The highest BCUT2D eigenvalue weighted by Crippen LogP contribution is 2.50. The zero-order chi connectivity index (χ0) is 19.6. The molecule has 0 spiro atoms. The summed E-state index contributed by atoms with van der Waals surface area (Å²) in [6.45, 7) is 7.61. The fourth-order valence-electron chi connectivity index (χ4n) is 3.70. The van der Waals surface area contributed by atoms with Crippen molar-refractivity contribution in [2.75, 3.05) is 0 Å². The van der Waals surface area contributed by atoms with Gasteiger partial charge in [-0.3, -0.25) is 4.79 Å². The Balaban J connectivity index is 2.17. The van der Waals surface area contributed by atoms with Gasteiger partial charge in [0.2, 0.25) is 0 Å². The summed E-state index contributed by atoms with van der Waals surface area (Å²) in [6.07, 6.45) is 4.32. The minimum absolute atomic E-state index is 0.0398. The molecule has 0 aliphatic carbocycles. The summed E-state index contributed by atoms with van der Waals surface area (Å²) in [6, 6.07) is 9.86. The Bertz CT molecular complexity index is 852. The van der Waals surface area contributed by atoms with E-state index in [2.05, 4.69) is 13.0 Å². The SMILES string of the molecule is CCCCCc1cc(OC(C)=O)c2c(c1)OC(C)(C)c1ccc(CO)cc1-2. The van der Waals surface area contributed by atoms with Crippen LogP contribution in [0.4, 0.5) is 0 Å². The molecule has 4 heteroatoms. The molecule has 2 aromatic carbocycles. The predicted octanol–water partition coefficient (Wildman–Crippen LogP) is 5.13. The van der Waals surface area contributed by atoms with Crippen LogP contribution in [0.25, 0.3) is 11.1 Å². The highest BCUT2D eigenvalue weighted by atomic mass is 16.5. The van der Waals surface area contributed by atoms with Crippen molar-refractivity contribution in [1.82, 2.24) is 0 Å². The Hall–Kier alpha value is -2.33. The van der Waals surface area contributed by atoms with Crippen molar-refractivity contribution in [3.05, 3.63) is 47.0 Å². The van der Waals surface area contributed by atoms with Crippen molar-refractivity contribution in [1.29, 1.82) is 0 Å². The van der Waals surface area contributed by atoms with Gasteiger partial charge in [-0.1, -0.05) is 31.9 Å². The van der Waals surface area contributed by atoms with E-state index in [1.807, 2.05) is 38.1 Å². The molecule has 1 aliphatic rings. The molecule has 1 N–H and O–H groups in total. The zero-order valence-corrected chi connectivity index (χ0v) is 16.6. The van der Waals surface area contributed by atoms with Crippen molar-refractivity contribution >= 4 is 5.97 Å². The summed E-state index contributed by atoms with van der Waals surface area (Å²) >= 11 is 0. The van der Waals surface area contributed by atoms with Gasteiger partial charge in [0.05, 0.1) is 12.2 Å². The van der Waals surface area contributed by atoms with Gasteiger partial charge in [-0.05, 0) is 61.6 Å². The van der Waals surface area contributed by atoms with Crippen LogP contribution in [0.1, 0.15) is 63.6 Å². The molecule has 0 fully saturated rings. The maximum atomic E-state index is 11.7. The van der Waals surface area contributed by atoms with Crippen LogP contribution in [-0.2, 0) is 23.4 Å². The molecular weight excluding hydrogens is 340 g/mol. The first kappa shape index (κ1) is 19.4. The van der Waals surface area contributed by atoms with Gasteiger partial charge < -0.3 is 14.6 Å². The second-order valence-corrected chi connectivity index (χ2v) is 7.67. The molecular formula is C23H28O4. The number of esters is 1. The van der Waals surface area contributed by atoms with Crippen molar-refractivity contribution in [3.63, 3.8) is 0 Å². The summed E-state index contributed by atoms with van der Waals surface area (Å²) < 4.78 is 11.9. The van der Waals surface area contributed by atoms with Crippen molar-refractivity contribution in [2.45, 2.75) is 65.6 Å². The second kappa shape index (κ2) is 7.73. The third-order valence-electron chi connectivity index (χ3n) is 5.00. The number of benzene rings is 2. The lowest BCUT2D eigenvalue weighted by molar-refractivity contribution is -0.131. The minimum atomic E-state index is -0.508. The summed E-state index contributed by atoms with van der Waals surface area (Å²) in [5.41, 5.74) is 4.16. The Morgan fingerprint density at radius 3 is 2.59 bits per heavy atom. The molecule has 27 heavy (non-hydrogen) atoms. The molecule has 4 nitrogen and oxygen atoms in total. The molecule has 0 unspecified atom stereocenters. The molecule has 0 amide bonds. The van der Waals surface area contributed by atoms with Crippen LogP contribution < -0.4 is 9.47 Å². The van der Waals surface area contributed by atoms with Gasteiger partial charge in [0.1, 0.15) is 17.1 Å². The average Bonchev–Trinajstić information content (AvgIpc) is 2.60. The van der Waals surface area contributed by atoms with Gasteiger partial charge in [0, 0.05) is 12.5 Å². The van der Waals surface area contributed by atoms with Gasteiger partial charge in [-0.2, -0.15) is 0 Å². The molecule has 0 saturated heterocycles. The topological polar surface area (TPSA) is 55.8 Å². The van der Waals surface area contributed by atoms with E-state index in [-0.39, 0.29) is 12.6 Å². The van der Waals surface area contributed by atoms with Gasteiger partial charge >= 0.3 is 5.97 Å². The molecule has 0 radical (unpaired) electrons. The number of carbonyl (C=O) groups excluding carboxylic acids is 1. The van der Waals surface area contributed by atoms with Crippen LogP contribution in [0.15, 0.2) is 30.3 Å². The summed E-state index contributed by atoms with van der Waals surface area (Å²) in [5.74, 6) is 0.902. The molecule has 0 saturated carbocycles. The quantitative estimate of drug-likeness (QED) is 0.436. The minimum Gasteiger partial charge on any atom is -0.482 e. The first-order chi connectivity index (χ1) is 12.9. The van der Waals surface area contributed by atoms with Crippen molar-refractivity contribution in [2.24, 2.45) is 0 Å². The second-order valence-electron chi connectivity index (χ2n) is 7.67. The molecule has 0 bridgehead atoms. The maximum Gasteiger partial charge on any atom is 0.308 e. The Kier molecular flexibility index (Phi) is 5.56. The van der Waals surface area contributed by atoms with Crippen LogP contribution in [0.3, 0.4) is 0 Å². The van der Waals surface area contributed by atoms with Gasteiger partial charge in [0.15, 0.2) is 0 Å². The number of aliphatic hydroxyl groups excluding tert-OH is 1. The van der Waals surface area contributed by atoms with E-state index < -0.39 is 5.60 Å². The molecule has 1 aliphatic heterocycles. The molecule has 0 aromatic heterocycles. The smallest absolute Gasteiger partial charge is 0.308 e. The number of aliphatic hydroxyl groups is 1. The highest BCUT2D eigenvalue weighted by Gasteiger charge is 2.35. The average molecular weight is 368 g/mol. The number of fused-ring (bicyclic) bond motifs is 3. The van der Waals surface area contributed by atoms with E-state index in [4.69, 9.17) is 9.47 Å². The molecule has 1 heterocycles. The van der Waals surface area contributed by atoms with E-state index in [9.17, 15) is 9.90 Å². The Morgan fingerprint density at radius 1 is 1.15 bits per heavy atom. The maximum absolute atomic E-state index is 11.7. The van der Waals surface area contributed by atoms with Crippen LogP contribution in [-0.4, -0.2) is 11.1 Å². The van der Waals surface area contributed by atoms with Crippen LogP contribution in [0, 0.1) is 0 Å². The largest absolute Gasteiger partial charge is 0.482 e. The zero-order valence-electron chi connectivity index (χ0n) is 16.6. The number of aryl methyl sites for hydroxylation is 1. The van der Waals surface area contributed by atoms with Gasteiger partial charge in [0.25, 0.3) is 0 Å². The summed E-state index contributed by atoms with van der Waals surface area (Å²) in [5, 5.41) is 9.58. The fourth-order valence-corrected chi connectivity index (χ4v) is 3.70. The lowest BCUT2D eigenvalue weighted by atomic mass is 9.84. The standard InChI is InChI=1S/C23H28O4/c1-5-6-7-8-16-12-20(26-15(2)25)22-18-11-17(14-24)9-10-19(18)23(3,4)27-21(22)13-16/h9-13,24H,5-8,14H2,1-4H3. The van der Waals surface area contributed by atoms with Crippen LogP contribution in [0.5, 0.6) is 11.5 Å². The van der Waals surface area contributed by atoms with Crippen molar-refractivity contribution < 1.29 is 19.4 Å². The predicted molar refractivity (Wildman–Crippen MR) is 106 cm³/mol. The van der Waals surface area contributed by atoms with Crippen LogP contribution in [0.2, 0.25) is 0 Å². The van der Waals surface area contributed by atoms with Gasteiger partial charge in [-0.25, -0.2) is 0 Å². The number of hydrogen-bond donors (Lipinski definition) is 1. The summed E-state index contributed by atoms with van der Waals surface area (Å²) in [4.78, 5) is 11.7. The van der Waals surface area contributed by atoms with Crippen LogP contribution >= 0.6 is 0 Å². The Morgan fingerprint density at radius 2 is 1.93 bits per heavy atom. The first-order valence-electron chi connectivity index (χ1n) is 9.64. The fraction of sp³-hybridized carbons (Fsp3) is 0.435. The number of ether oxygens (including phenoxy) is 2. The van der Waals surface area contributed by atoms with E-state index in [0.29, 0.717) is 5.75 Å². The molecule has 3 rings (SSSR count). The number of carbonyl (C=O) groups is 1. The monoisotopic (exact) mass is 368 g/mol. The molecule has 144 valence electrons. The van der Waals surface area contributed by atoms with Gasteiger partial charge in [-0.15, -0.1) is 0 Å². The van der Waals surface area contributed by atoms with E-state index in [1.165, 1.54) is 6.92 Å². The molecule has 2 aromatic rings. The third kappa shape index (κ3) is 4.01. The number of unbranched alkanes of at least 4 members (excludes halogenated alkanes) is 2. The number of hydrogen-bond acceptors (Lipinski definition) is 4. The summed E-state index contributed by atoms with van der Waals surface area (Å²) in [7, 11) is 0. The molecule has 0 atom stereocenters. The lowest BCUT2D eigenvalue weighted by Gasteiger charge is -2.36. The third-order valence-corrected chi connectivity index (χ3v) is 5.00. The van der Waals surface area contributed by atoms with E-state index >= 15 is 0 Å².